The van der Waals surface area contributed by atoms with Gasteiger partial charge in [0.2, 0.25) is 5.91 Å². The van der Waals surface area contributed by atoms with Crippen LogP contribution in [0.1, 0.15) is 35.3 Å². The molecule has 1 heterocycles. The van der Waals surface area contributed by atoms with Crippen LogP contribution in [0.2, 0.25) is 0 Å². The molecule has 2 aromatic rings. The van der Waals surface area contributed by atoms with E-state index in [0.717, 1.165) is 5.56 Å². The first-order valence-electron chi connectivity index (χ1n) is 9.08. The topological polar surface area (TPSA) is 87.7 Å². The Balaban J connectivity index is 1.55. The van der Waals surface area contributed by atoms with E-state index in [1.807, 2.05) is 37.3 Å². The quantitative estimate of drug-likeness (QED) is 0.780. The van der Waals surface area contributed by atoms with Crippen molar-refractivity contribution in [3.63, 3.8) is 0 Å². The molecule has 28 heavy (non-hydrogen) atoms. The first-order valence-corrected chi connectivity index (χ1v) is 9.08. The fourth-order valence-electron chi connectivity index (χ4n) is 3.27. The molecule has 2 unspecified atom stereocenters. The SMILES string of the molecule is COC(=O)c1ccc(NC(=O)NC2CC(=O)N(C(C)c3ccccc3)C2)cc1. The molecule has 1 fully saturated rings. The van der Waals surface area contributed by atoms with E-state index < -0.39 is 12.0 Å². The van der Waals surface area contributed by atoms with E-state index in [4.69, 9.17) is 0 Å². The Morgan fingerprint density at radius 1 is 1.11 bits per heavy atom. The number of likely N-dealkylation sites (tertiary alicyclic amines) is 1. The molecule has 3 rings (SSSR count). The van der Waals surface area contributed by atoms with E-state index in [2.05, 4.69) is 15.4 Å². The summed E-state index contributed by atoms with van der Waals surface area (Å²) in [5.74, 6) is -0.419. The maximum atomic E-state index is 12.4. The number of rotatable bonds is 5. The molecule has 1 aliphatic heterocycles. The normalized spacial score (nSPS) is 17.1. The predicted molar refractivity (Wildman–Crippen MR) is 105 cm³/mol. The zero-order valence-corrected chi connectivity index (χ0v) is 15.8. The van der Waals surface area contributed by atoms with Crippen molar-refractivity contribution in [1.29, 1.82) is 0 Å². The van der Waals surface area contributed by atoms with Gasteiger partial charge >= 0.3 is 12.0 Å². The number of methoxy groups -OCH3 is 1. The molecule has 0 aromatic heterocycles. The van der Waals surface area contributed by atoms with Crippen LogP contribution in [-0.2, 0) is 9.53 Å². The fourth-order valence-corrected chi connectivity index (χ4v) is 3.27. The summed E-state index contributed by atoms with van der Waals surface area (Å²) in [4.78, 5) is 37.9. The third-order valence-electron chi connectivity index (χ3n) is 4.81. The molecule has 2 atom stereocenters. The van der Waals surface area contributed by atoms with Crippen molar-refractivity contribution in [3.05, 3.63) is 65.7 Å². The summed E-state index contributed by atoms with van der Waals surface area (Å²) >= 11 is 0. The van der Waals surface area contributed by atoms with Crippen LogP contribution in [0, 0.1) is 0 Å². The second-order valence-electron chi connectivity index (χ2n) is 6.70. The summed E-state index contributed by atoms with van der Waals surface area (Å²) < 4.78 is 4.64. The Morgan fingerprint density at radius 3 is 2.43 bits per heavy atom. The van der Waals surface area contributed by atoms with Gasteiger partial charge in [-0.1, -0.05) is 30.3 Å². The van der Waals surface area contributed by atoms with Gasteiger partial charge in [0.1, 0.15) is 0 Å². The van der Waals surface area contributed by atoms with Gasteiger partial charge in [-0.25, -0.2) is 9.59 Å². The second kappa shape index (κ2) is 8.56. The lowest BCUT2D eigenvalue weighted by molar-refractivity contribution is -0.129. The number of carbonyl (C=O) groups excluding carboxylic acids is 3. The lowest BCUT2D eigenvalue weighted by Crippen LogP contribution is -2.40. The molecule has 0 spiro atoms. The van der Waals surface area contributed by atoms with E-state index in [1.54, 1.807) is 29.2 Å². The van der Waals surface area contributed by atoms with Gasteiger partial charge in [0.05, 0.1) is 24.8 Å². The molecule has 1 aliphatic rings. The van der Waals surface area contributed by atoms with Crippen molar-refractivity contribution < 1.29 is 19.1 Å². The van der Waals surface area contributed by atoms with Gasteiger partial charge in [-0.15, -0.1) is 0 Å². The van der Waals surface area contributed by atoms with Gasteiger partial charge in [-0.3, -0.25) is 4.79 Å². The second-order valence-corrected chi connectivity index (χ2v) is 6.70. The minimum Gasteiger partial charge on any atom is -0.465 e. The van der Waals surface area contributed by atoms with Gasteiger partial charge in [-0.05, 0) is 36.8 Å². The maximum Gasteiger partial charge on any atom is 0.337 e. The van der Waals surface area contributed by atoms with Crippen molar-refractivity contribution in [2.24, 2.45) is 0 Å². The maximum absolute atomic E-state index is 12.4. The van der Waals surface area contributed by atoms with Crippen LogP contribution in [0.15, 0.2) is 54.6 Å². The summed E-state index contributed by atoms with van der Waals surface area (Å²) in [6.45, 7) is 2.45. The number of nitrogens with one attached hydrogen (secondary N) is 2. The molecular formula is C21H23N3O4. The van der Waals surface area contributed by atoms with Crippen molar-refractivity contribution in [3.8, 4) is 0 Å². The lowest BCUT2D eigenvalue weighted by atomic mass is 10.1. The molecule has 2 aromatic carbocycles. The molecule has 0 aliphatic carbocycles. The number of anilines is 1. The molecule has 0 saturated carbocycles. The Labute approximate surface area is 163 Å². The van der Waals surface area contributed by atoms with E-state index in [0.29, 0.717) is 17.8 Å². The first kappa shape index (κ1) is 19.4. The molecule has 7 nitrogen and oxygen atoms in total. The van der Waals surface area contributed by atoms with Crippen LogP contribution in [0.4, 0.5) is 10.5 Å². The molecular weight excluding hydrogens is 358 g/mol. The number of benzene rings is 2. The number of esters is 1. The first-order chi connectivity index (χ1) is 13.5. The van der Waals surface area contributed by atoms with Gasteiger partial charge in [-0.2, -0.15) is 0 Å². The largest absolute Gasteiger partial charge is 0.465 e. The highest BCUT2D eigenvalue weighted by atomic mass is 16.5. The van der Waals surface area contributed by atoms with Crippen LogP contribution in [0.3, 0.4) is 0 Å². The number of urea groups is 1. The number of hydrogen-bond donors (Lipinski definition) is 2. The Kier molecular flexibility index (Phi) is 5.93. The number of hydrogen-bond acceptors (Lipinski definition) is 4. The number of amides is 3. The van der Waals surface area contributed by atoms with Crippen molar-refractivity contribution in [2.45, 2.75) is 25.4 Å². The summed E-state index contributed by atoms with van der Waals surface area (Å²) in [5.41, 5.74) is 2.01. The summed E-state index contributed by atoms with van der Waals surface area (Å²) in [7, 11) is 1.31. The molecule has 1 saturated heterocycles. The number of carbonyl (C=O) groups is 3. The molecule has 7 heteroatoms. The fraction of sp³-hybridized carbons (Fsp3) is 0.286. The van der Waals surface area contributed by atoms with Gasteiger partial charge < -0.3 is 20.3 Å². The van der Waals surface area contributed by atoms with Gasteiger partial charge in [0, 0.05) is 18.7 Å². The summed E-state index contributed by atoms with van der Waals surface area (Å²) in [6, 6.07) is 15.5. The standard InChI is InChI=1S/C21H23N3O4/c1-14(15-6-4-3-5-7-15)24-13-18(12-19(24)25)23-21(27)22-17-10-8-16(9-11-17)20(26)28-2/h3-11,14,18H,12-13H2,1-2H3,(H2,22,23,27). The predicted octanol–water partition coefficient (Wildman–Crippen LogP) is 2.96. The third-order valence-corrected chi connectivity index (χ3v) is 4.81. The summed E-state index contributed by atoms with van der Waals surface area (Å²) in [5, 5.41) is 5.55. The minimum atomic E-state index is -0.437. The number of nitrogens with zero attached hydrogens (tertiary/aromatic N) is 1. The van der Waals surface area contributed by atoms with Crippen LogP contribution in [0.25, 0.3) is 0 Å². The van der Waals surface area contributed by atoms with Crippen LogP contribution in [-0.4, -0.2) is 42.5 Å². The van der Waals surface area contributed by atoms with Crippen molar-refractivity contribution in [2.75, 3.05) is 19.0 Å². The van der Waals surface area contributed by atoms with Gasteiger partial charge in [0.25, 0.3) is 0 Å². The highest BCUT2D eigenvalue weighted by Crippen LogP contribution is 2.25. The van der Waals surface area contributed by atoms with Crippen LogP contribution >= 0.6 is 0 Å². The Morgan fingerprint density at radius 2 is 1.79 bits per heavy atom. The van der Waals surface area contributed by atoms with E-state index >= 15 is 0 Å². The zero-order valence-electron chi connectivity index (χ0n) is 15.8. The van der Waals surface area contributed by atoms with Crippen molar-refractivity contribution in [1.82, 2.24) is 10.2 Å². The van der Waals surface area contributed by atoms with E-state index in [9.17, 15) is 14.4 Å². The third kappa shape index (κ3) is 4.49. The molecule has 3 amide bonds. The monoisotopic (exact) mass is 381 g/mol. The van der Waals surface area contributed by atoms with E-state index in [1.165, 1.54) is 7.11 Å². The van der Waals surface area contributed by atoms with Crippen LogP contribution in [0.5, 0.6) is 0 Å². The number of ether oxygens (including phenoxy) is 1. The van der Waals surface area contributed by atoms with Gasteiger partial charge in [0.15, 0.2) is 0 Å². The minimum absolute atomic E-state index is 0.0177. The average molecular weight is 381 g/mol. The molecule has 0 radical (unpaired) electrons. The summed E-state index contributed by atoms with van der Waals surface area (Å²) in [6.07, 6.45) is 0.270. The highest BCUT2D eigenvalue weighted by Gasteiger charge is 2.33. The zero-order chi connectivity index (χ0) is 20.1. The Bertz CT molecular complexity index is 852. The Hall–Kier alpha value is -3.35. The van der Waals surface area contributed by atoms with Crippen molar-refractivity contribution >= 4 is 23.6 Å². The molecule has 146 valence electrons. The van der Waals surface area contributed by atoms with E-state index in [-0.39, 0.29) is 24.4 Å². The lowest BCUT2D eigenvalue weighted by Gasteiger charge is -2.25. The van der Waals surface area contributed by atoms with Crippen LogP contribution < -0.4 is 10.6 Å². The smallest absolute Gasteiger partial charge is 0.337 e. The average Bonchev–Trinajstić information content (AvgIpc) is 3.07. The highest BCUT2D eigenvalue weighted by molar-refractivity contribution is 5.92. The molecule has 2 N–H and O–H groups in total. The molecule has 0 bridgehead atoms.